The van der Waals surface area contributed by atoms with Crippen molar-refractivity contribution in [1.29, 1.82) is 0 Å². The zero-order valence-electron chi connectivity index (χ0n) is 22.0. The minimum absolute atomic E-state index is 0.212. The highest BCUT2D eigenvalue weighted by molar-refractivity contribution is 6.07. The van der Waals surface area contributed by atoms with Crippen LogP contribution in [0.4, 0.5) is 0 Å². The first-order chi connectivity index (χ1) is 16.7. The third-order valence-corrected chi connectivity index (χ3v) is 6.13. The van der Waals surface area contributed by atoms with Gasteiger partial charge in [-0.3, -0.25) is 9.59 Å². The number of esters is 1. The van der Waals surface area contributed by atoms with Gasteiger partial charge in [-0.1, -0.05) is 0 Å². The van der Waals surface area contributed by atoms with E-state index < -0.39 is 12.0 Å². The summed E-state index contributed by atoms with van der Waals surface area (Å²) in [5.74, 6) is -0.270. The van der Waals surface area contributed by atoms with Crippen LogP contribution in [0.5, 0.6) is 5.75 Å². The predicted molar refractivity (Wildman–Crippen MR) is 134 cm³/mol. The lowest BCUT2D eigenvalue weighted by Crippen LogP contribution is -2.44. The molecule has 1 aromatic carbocycles. The fourth-order valence-corrected chi connectivity index (χ4v) is 4.32. The molecule has 0 fully saturated rings. The molecule has 1 unspecified atom stereocenters. The summed E-state index contributed by atoms with van der Waals surface area (Å²) in [6.07, 6.45) is 0.593. The number of rotatable bonds is 13. The Hall–Kier alpha value is -3.13. The number of carbonyl (C=O) groups is 3. The Morgan fingerprint density at radius 2 is 1.69 bits per heavy atom. The molecular weight excluding hydrogens is 448 g/mol. The maximum absolute atomic E-state index is 13.8. The van der Waals surface area contributed by atoms with Crippen LogP contribution < -0.4 is 4.74 Å². The Morgan fingerprint density at radius 1 is 1.03 bits per heavy atom. The normalized spacial score (nSPS) is 11.7. The van der Waals surface area contributed by atoms with Crippen molar-refractivity contribution in [2.24, 2.45) is 0 Å². The summed E-state index contributed by atoms with van der Waals surface area (Å²) in [5.41, 5.74) is 2.57. The summed E-state index contributed by atoms with van der Waals surface area (Å²) in [7, 11) is 1.56. The monoisotopic (exact) mass is 486 g/mol. The van der Waals surface area contributed by atoms with E-state index in [1.54, 1.807) is 61.6 Å². The lowest BCUT2D eigenvalue weighted by molar-refractivity contribution is 0.0512. The van der Waals surface area contributed by atoms with Crippen LogP contribution in [-0.4, -0.2) is 66.6 Å². The van der Waals surface area contributed by atoms with Crippen LogP contribution in [0.1, 0.15) is 76.6 Å². The molecule has 0 saturated heterocycles. The number of nitrogens with zero attached hydrogens (tertiary/aromatic N) is 2. The van der Waals surface area contributed by atoms with Crippen LogP contribution in [0.2, 0.25) is 0 Å². The van der Waals surface area contributed by atoms with Gasteiger partial charge in [0.1, 0.15) is 11.4 Å². The van der Waals surface area contributed by atoms with Gasteiger partial charge in [-0.15, -0.1) is 0 Å². The fraction of sp³-hybridized carbons (Fsp3) is 0.519. The number of ketones is 1. The van der Waals surface area contributed by atoms with Gasteiger partial charge in [-0.2, -0.15) is 0 Å². The predicted octanol–water partition coefficient (Wildman–Crippen LogP) is 4.45. The summed E-state index contributed by atoms with van der Waals surface area (Å²) in [6, 6.07) is 6.08. The molecule has 0 aliphatic rings. The second-order valence-electron chi connectivity index (χ2n) is 8.22. The molecule has 0 spiro atoms. The van der Waals surface area contributed by atoms with E-state index in [4.69, 9.17) is 14.2 Å². The Balaban J connectivity index is 2.44. The Morgan fingerprint density at radius 3 is 2.23 bits per heavy atom. The summed E-state index contributed by atoms with van der Waals surface area (Å²) in [6.45, 7) is 13.1. The van der Waals surface area contributed by atoms with Crippen LogP contribution in [0.3, 0.4) is 0 Å². The van der Waals surface area contributed by atoms with Gasteiger partial charge in [0.15, 0.2) is 5.78 Å². The maximum atomic E-state index is 13.8. The number of Topliss-reactive ketones (excluding diaryl/α,β-unsaturated/α-hetero) is 1. The number of carbonyl (C=O) groups excluding carboxylic acids is 3. The second-order valence-corrected chi connectivity index (χ2v) is 8.22. The minimum atomic E-state index is -0.744. The number of hydrogen-bond donors (Lipinski definition) is 0. The smallest absolute Gasteiger partial charge is 0.355 e. The van der Waals surface area contributed by atoms with Gasteiger partial charge in [0.05, 0.1) is 19.8 Å². The van der Waals surface area contributed by atoms with Crippen molar-refractivity contribution >= 4 is 17.7 Å². The molecule has 2 aromatic rings. The SMILES string of the molecule is CCOCCCN(C(=O)c1ccc(OC)cc1)C(C)C(=O)c1c(C)c(C(=O)OCC)n(CC)c1C. The zero-order valence-corrected chi connectivity index (χ0v) is 22.0. The standard InChI is InChI=1S/C27H38N2O6/c1-8-28-19(5)23(18(4)24(28)27(32)35-10-3)25(30)20(6)29(16-11-17-34-9-2)26(31)21-12-14-22(33-7)15-13-21/h12-15,20H,8-11,16-17H2,1-7H3. The first-order valence-corrected chi connectivity index (χ1v) is 12.2. The molecule has 192 valence electrons. The van der Waals surface area contributed by atoms with Gasteiger partial charge in [0.25, 0.3) is 5.91 Å². The number of hydrogen-bond acceptors (Lipinski definition) is 6. The third-order valence-electron chi connectivity index (χ3n) is 6.13. The van der Waals surface area contributed by atoms with Crippen molar-refractivity contribution in [3.63, 3.8) is 0 Å². The number of ether oxygens (including phenoxy) is 3. The lowest BCUT2D eigenvalue weighted by Gasteiger charge is -2.29. The van der Waals surface area contributed by atoms with Crippen molar-refractivity contribution in [3.8, 4) is 5.75 Å². The Labute approximate surface area is 208 Å². The molecule has 35 heavy (non-hydrogen) atoms. The number of methoxy groups -OCH3 is 1. The molecule has 0 bridgehead atoms. The molecule has 1 amide bonds. The van der Waals surface area contributed by atoms with Gasteiger partial charge in [0, 0.05) is 43.1 Å². The first kappa shape index (κ1) is 28.1. The van der Waals surface area contributed by atoms with Crippen molar-refractivity contribution in [2.75, 3.05) is 33.5 Å². The number of aromatic nitrogens is 1. The summed E-state index contributed by atoms with van der Waals surface area (Å²) in [4.78, 5) is 41.5. The highest BCUT2D eigenvalue weighted by Gasteiger charge is 2.33. The molecule has 8 heteroatoms. The second kappa shape index (κ2) is 13.1. The average Bonchev–Trinajstić information content (AvgIpc) is 3.12. The van der Waals surface area contributed by atoms with Crippen LogP contribution in [0.25, 0.3) is 0 Å². The molecule has 0 radical (unpaired) electrons. The Bertz CT molecular complexity index is 1030. The molecule has 0 aliphatic heterocycles. The quantitative estimate of drug-likeness (QED) is 0.236. The molecule has 1 atom stereocenters. The third kappa shape index (κ3) is 6.31. The van der Waals surface area contributed by atoms with Gasteiger partial charge < -0.3 is 23.7 Å². The number of amides is 1. The van der Waals surface area contributed by atoms with Crippen LogP contribution in [0, 0.1) is 13.8 Å². The van der Waals surface area contributed by atoms with Gasteiger partial charge in [-0.05, 0) is 77.8 Å². The van der Waals surface area contributed by atoms with Crippen molar-refractivity contribution in [2.45, 2.75) is 60.5 Å². The molecule has 0 saturated carbocycles. The Kier molecular flexibility index (Phi) is 10.5. The molecule has 1 heterocycles. The van der Waals surface area contributed by atoms with E-state index in [-0.39, 0.29) is 18.3 Å². The molecule has 1 aromatic heterocycles. The van der Waals surface area contributed by atoms with Crippen LogP contribution >= 0.6 is 0 Å². The molecule has 0 aliphatic carbocycles. The molecule has 8 nitrogen and oxygen atoms in total. The van der Waals surface area contributed by atoms with E-state index >= 15 is 0 Å². The van der Waals surface area contributed by atoms with E-state index in [0.29, 0.717) is 66.6 Å². The van der Waals surface area contributed by atoms with Crippen LogP contribution in [-0.2, 0) is 16.0 Å². The fourth-order valence-electron chi connectivity index (χ4n) is 4.32. The van der Waals surface area contributed by atoms with E-state index in [1.807, 2.05) is 20.8 Å². The van der Waals surface area contributed by atoms with Gasteiger partial charge in [-0.25, -0.2) is 4.79 Å². The summed E-state index contributed by atoms with van der Waals surface area (Å²) in [5, 5.41) is 0. The minimum Gasteiger partial charge on any atom is -0.497 e. The zero-order chi connectivity index (χ0) is 26.1. The van der Waals surface area contributed by atoms with Crippen molar-refractivity contribution in [1.82, 2.24) is 9.47 Å². The highest BCUT2D eigenvalue weighted by atomic mass is 16.5. The molecule has 2 rings (SSSR count). The van der Waals surface area contributed by atoms with Crippen molar-refractivity contribution < 1.29 is 28.6 Å². The lowest BCUT2D eigenvalue weighted by atomic mass is 9.99. The average molecular weight is 487 g/mol. The largest absolute Gasteiger partial charge is 0.497 e. The summed E-state index contributed by atoms with van der Waals surface area (Å²) >= 11 is 0. The molecular formula is C27H38N2O6. The van der Waals surface area contributed by atoms with E-state index in [2.05, 4.69) is 0 Å². The first-order valence-electron chi connectivity index (χ1n) is 12.2. The molecule has 0 N–H and O–H groups in total. The van der Waals surface area contributed by atoms with Crippen LogP contribution in [0.15, 0.2) is 24.3 Å². The van der Waals surface area contributed by atoms with E-state index in [0.717, 1.165) is 0 Å². The summed E-state index contributed by atoms with van der Waals surface area (Å²) < 4.78 is 17.7. The van der Waals surface area contributed by atoms with E-state index in [1.165, 1.54) is 0 Å². The maximum Gasteiger partial charge on any atom is 0.355 e. The van der Waals surface area contributed by atoms with Gasteiger partial charge in [0.2, 0.25) is 0 Å². The van der Waals surface area contributed by atoms with Crippen molar-refractivity contribution in [3.05, 3.63) is 52.3 Å². The topological polar surface area (TPSA) is 87.1 Å². The highest BCUT2D eigenvalue weighted by Crippen LogP contribution is 2.26. The van der Waals surface area contributed by atoms with Gasteiger partial charge >= 0.3 is 5.97 Å². The number of benzene rings is 1. The van der Waals surface area contributed by atoms with E-state index in [9.17, 15) is 14.4 Å².